The molecule has 0 radical (unpaired) electrons. The van der Waals surface area contributed by atoms with Crippen molar-refractivity contribution < 1.29 is 28.7 Å². The maximum Gasteiger partial charge on any atom is 0.496 e. The second-order valence-electron chi connectivity index (χ2n) is 1.46. The lowest BCUT2D eigenvalue weighted by molar-refractivity contribution is -0.315. The summed E-state index contributed by atoms with van der Waals surface area (Å²) in [6.45, 7) is 1.43. The van der Waals surface area contributed by atoms with Crippen molar-refractivity contribution in [1.29, 1.82) is 0 Å². The van der Waals surface area contributed by atoms with Gasteiger partial charge in [0.2, 0.25) is 0 Å². The Hall–Kier alpha value is 0.0300. The molecular weight excluding hydrogens is 163 g/mol. The van der Waals surface area contributed by atoms with Crippen molar-refractivity contribution in [3.05, 3.63) is 0 Å². The zero-order valence-corrected chi connectivity index (χ0v) is 6.45. The average molecular weight is 172 g/mol. The monoisotopic (exact) mass is 172 g/mol. The van der Waals surface area contributed by atoms with E-state index >= 15 is 0 Å². The zero-order valence-electron chi connectivity index (χ0n) is 5.55. The second-order valence-corrected chi connectivity index (χ2v) is 2.59. The van der Waals surface area contributed by atoms with Crippen molar-refractivity contribution in [2.24, 2.45) is 0 Å². The summed E-state index contributed by atoms with van der Waals surface area (Å²) in [6, 6.07) is 0. The van der Waals surface area contributed by atoms with Gasteiger partial charge in [0.25, 0.3) is 0 Å². The standard InChI is InChI=1S/C3H9O6P/c1-3(7-2)8-9-10(4,5)6/h3H,1-2H3,(H2,4,5,6). The lowest BCUT2D eigenvalue weighted by atomic mass is 10.8. The predicted molar refractivity (Wildman–Crippen MR) is 30.7 cm³/mol. The highest BCUT2D eigenvalue weighted by Gasteiger charge is 2.16. The van der Waals surface area contributed by atoms with E-state index in [-0.39, 0.29) is 0 Å². The fourth-order valence-electron chi connectivity index (χ4n) is 0.156. The first-order valence-corrected chi connectivity index (χ1v) is 3.92. The van der Waals surface area contributed by atoms with Gasteiger partial charge in [-0.15, -0.1) is 4.67 Å². The third-order valence-corrected chi connectivity index (χ3v) is 0.888. The van der Waals surface area contributed by atoms with Crippen molar-refractivity contribution in [3.8, 4) is 0 Å². The van der Waals surface area contributed by atoms with Gasteiger partial charge in [-0.1, -0.05) is 0 Å². The van der Waals surface area contributed by atoms with Gasteiger partial charge in [0.15, 0.2) is 6.29 Å². The fraction of sp³-hybridized carbons (Fsp3) is 1.00. The van der Waals surface area contributed by atoms with Gasteiger partial charge in [-0.2, -0.15) is 4.89 Å². The normalized spacial score (nSPS) is 15.2. The number of ether oxygens (including phenoxy) is 1. The minimum absolute atomic E-state index is 0.798. The maximum absolute atomic E-state index is 9.94. The molecule has 0 spiro atoms. The Morgan fingerprint density at radius 3 is 2.30 bits per heavy atom. The van der Waals surface area contributed by atoms with Crippen LogP contribution in [0.3, 0.4) is 0 Å². The molecule has 0 bridgehead atoms. The van der Waals surface area contributed by atoms with E-state index in [9.17, 15) is 4.57 Å². The lowest BCUT2D eigenvalue weighted by Crippen LogP contribution is -2.09. The van der Waals surface area contributed by atoms with Gasteiger partial charge in [0, 0.05) is 7.11 Å². The Morgan fingerprint density at radius 2 is 2.00 bits per heavy atom. The first-order chi connectivity index (χ1) is 4.45. The van der Waals surface area contributed by atoms with E-state index in [0.29, 0.717) is 0 Å². The van der Waals surface area contributed by atoms with Crippen LogP contribution < -0.4 is 0 Å². The highest BCUT2D eigenvalue weighted by molar-refractivity contribution is 7.46. The molecule has 0 heterocycles. The quantitative estimate of drug-likeness (QED) is 0.269. The van der Waals surface area contributed by atoms with Gasteiger partial charge >= 0.3 is 7.82 Å². The molecule has 62 valence electrons. The van der Waals surface area contributed by atoms with Gasteiger partial charge in [-0.3, -0.25) is 0 Å². The van der Waals surface area contributed by atoms with Gasteiger partial charge in [-0.25, -0.2) is 4.57 Å². The maximum atomic E-state index is 9.94. The summed E-state index contributed by atoms with van der Waals surface area (Å²) in [5.41, 5.74) is 0. The molecule has 6 nitrogen and oxygen atoms in total. The van der Waals surface area contributed by atoms with Crippen molar-refractivity contribution >= 4 is 7.82 Å². The van der Waals surface area contributed by atoms with E-state index in [2.05, 4.69) is 14.3 Å². The highest BCUT2D eigenvalue weighted by Crippen LogP contribution is 2.36. The summed E-state index contributed by atoms with van der Waals surface area (Å²) in [4.78, 5) is 20.2. The van der Waals surface area contributed by atoms with Gasteiger partial charge < -0.3 is 14.5 Å². The molecule has 10 heavy (non-hydrogen) atoms. The van der Waals surface area contributed by atoms with Crippen LogP contribution in [0.5, 0.6) is 0 Å². The van der Waals surface area contributed by atoms with Crippen LogP contribution in [0.1, 0.15) is 6.92 Å². The molecule has 0 aliphatic rings. The Labute approximate surface area is 57.9 Å². The Morgan fingerprint density at radius 1 is 1.50 bits per heavy atom. The first kappa shape index (κ1) is 10.0. The highest BCUT2D eigenvalue weighted by atomic mass is 31.2. The summed E-state index contributed by atoms with van der Waals surface area (Å²) < 4.78 is 18.0. The molecule has 0 saturated carbocycles. The van der Waals surface area contributed by atoms with E-state index < -0.39 is 14.1 Å². The molecular formula is C3H9O6P. The second kappa shape index (κ2) is 4.02. The van der Waals surface area contributed by atoms with Crippen molar-refractivity contribution in [1.82, 2.24) is 0 Å². The summed E-state index contributed by atoms with van der Waals surface area (Å²) >= 11 is 0. The molecule has 0 rings (SSSR count). The molecule has 1 unspecified atom stereocenters. The van der Waals surface area contributed by atoms with Gasteiger partial charge in [-0.05, 0) is 6.92 Å². The Kier molecular flexibility index (Phi) is 4.04. The van der Waals surface area contributed by atoms with Crippen LogP contribution in [-0.4, -0.2) is 23.2 Å². The predicted octanol–water partition coefficient (Wildman–Crippen LogP) is 0.0197. The van der Waals surface area contributed by atoms with Crippen LogP contribution in [0.15, 0.2) is 0 Å². The van der Waals surface area contributed by atoms with E-state index in [1.165, 1.54) is 14.0 Å². The van der Waals surface area contributed by atoms with Crippen molar-refractivity contribution in [3.63, 3.8) is 0 Å². The van der Waals surface area contributed by atoms with E-state index in [1.807, 2.05) is 0 Å². The minimum Gasteiger partial charge on any atom is -0.353 e. The van der Waals surface area contributed by atoms with E-state index in [4.69, 9.17) is 9.79 Å². The molecule has 0 aromatic heterocycles. The molecule has 0 amide bonds. The van der Waals surface area contributed by atoms with Gasteiger partial charge in [0.05, 0.1) is 0 Å². The molecule has 2 N–H and O–H groups in total. The number of rotatable bonds is 4. The molecule has 0 aromatic carbocycles. The topological polar surface area (TPSA) is 85.2 Å². The van der Waals surface area contributed by atoms with Crippen LogP contribution in [-0.2, 0) is 18.9 Å². The van der Waals surface area contributed by atoms with Crippen LogP contribution in [0.2, 0.25) is 0 Å². The number of hydrogen-bond donors (Lipinski definition) is 2. The average Bonchev–Trinajstić information content (AvgIpc) is 1.81. The zero-order chi connectivity index (χ0) is 8.20. The molecule has 0 fully saturated rings. The number of hydrogen-bond acceptors (Lipinski definition) is 4. The third kappa shape index (κ3) is 6.15. The third-order valence-electron chi connectivity index (χ3n) is 0.608. The molecule has 1 atom stereocenters. The SMILES string of the molecule is COC(C)OOP(=O)(O)O. The number of methoxy groups -OCH3 is 1. The summed E-state index contributed by atoms with van der Waals surface area (Å²) in [5, 5.41) is 0. The van der Waals surface area contributed by atoms with Crippen LogP contribution in [0.4, 0.5) is 0 Å². The summed E-state index contributed by atoms with van der Waals surface area (Å²) in [6.07, 6.45) is -0.798. The minimum atomic E-state index is -4.53. The molecule has 7 heteroatoms. The van der Waals surface area contributed by atoms with Crippen LogP contribution >= 0.6 is 7.82 Å². The van der Waals surface area contributed by atoms with Crippen molar-refractivity contribution in [2.45, 2.75) is 13.2 Å². The number of phosphoric acid groups is 1. The summed E-state index contributed by atoms with van der Waals surface area (Å²) in [7, 11) is -3.22. The smallest absolute Gasteiger partial charge is 0.353 e. The van der Waals surface area contributed by atoms with Crippen molar-refractivity contribution in [2.75, 3.05) is 7.11 Å². The first-order valence-electron chi connectivity index (χ1n) is 2.39. The Bertz CT molecular complexity index is 129. The van der Waals surface area contributed by atoms with Crippen LogP contribution in [0, 0.1) is 0 Å². The molecule has 0 saturated heterocycles. The Balaban J connectivity index is 3.46. The fourth-order valence-corrected chi connectivity index (χ4v) is 0.389. The lowest BCUT2D eigenvalue weighted by Gasteiger charge is -2.08. The molecule has 0 aromatic rings. The van der Waals surface area contributed by atoms with E-state index in [0.717, 1.165) is 0 Å². The summed E-state index contributed by atoms with van der Waals surface area (Å²) in [5.74, 6) is 0. The molecule has 0 aliphatic carbocycles. The van der Waals surface area contributed by atoms with Gasteiger partial charge in [0.1, 0.15) is 0 Å². The molecule has 0 aliphatic heterocycles. The van der Waals surface area contributed by atoms with Crippen LogP contribution in [0.25, 0.3) is 0 Å². The van der Waals surface area contributed by atoms with E-state index in [1.54, 1.807) is 0 Å². The largest absolute Gasteiger partial charge is 0.496 e.